The van der Waals surface area contributed by atoms with Crippen molar-refractivity contribution in [2.75, 3.05) is 19.7 Å². The maximum absolute atomic E-state index is 11.8. The summed E-state index contributed by atoms with van der Waals surface area (Å²) in [5.74, 6) is 0.422. The number of morpholine rings is 1. The molecule has 0 bridgehead atoms. The van der Waals surface area contributed by atoms with Gasteiger partial charge >= 0.3 is 6.09 Å². The molecular weight excluding hydrogens is 206 g/mol. The molecule has 1 fully saturated rings. The predicted molar refractivity (Wildman–Crippen MR) is 62.4 cm³/mol. The van der Waals surface area contributed by atoms with Gasteiger partial charge in [-0.25, -0.2) is 4.79 Å². The third-order valence-corrected chi connectivity index (χ3v) is 2.49. The molecule has 0 aromatic rings. The van der Waals surface area contributed by atoms with E-state index in [0.717, 1.165) is 0 Å². The van der Waals surface area contributed by atoms with E-state index in [0.29, 0.717) is 25.6 Å². The largest absolute Gasteiger partial charge is 0.444 e. The first-order chi connectivity index (χ1) is 7.29. The van der Waals surface area contributed by atoms with E-state index in [9.17, 15) is 4.79 Å². The van der Waals surface area contributed by atoms with Crippen LogP contribution in [0.2, 0.25) is 0 Å². The summed E-state index contributed by atoms with van der Waals surface area (Å²) in [6.07, 6.45) is -0.109. The van der Waals surface area contributed by atoms with Crippen LogP contribution in [0, 0.1) is 5.92 Å². The smallest absolute Gasteiger partial charge is 0.410 e. The Morgan fingerprint density at radius 2 is 2.06 bits per heavy atom. The second-order valence-corrected chi connectivity index (χ2v) is 5.58. The molecule has 0 aliphatic carbocycles. The molecule has 1 saturated heterocycles. The van der Waals surface area contributed by atoms with Crippen LogP contribution in [0.25, 0.3) is 0 Å². The van der Waals surface area contributed by atoms with Crippen molar-refractivity contribution in [2.45, 2.75) is 46.3 Å². The fourth-order valence-electron chi connectivity index (χ4n) is 1.57. The maximum atomic E-state index is 11.8. The summed E-state index contributed by atoms with van der Waals surface area (Å²) in [7, 11) is 0. The summed E-state index contributed by atoms with van der Waals surface area (Å²) in [5, 5.41) is 0. The van der Waals surface area contributed by atoms with Crippen molar-refractivity contribution in [2.24, 2.45) is 5.92 Å². The number of nitrogens with zero attached hydrogens (tertiary/aromatic N) is 1. The van der Waals surface area contributed by atoms with E-state index < -0.39 is 5.60 Å². The van der Waals surface area contributed by atoms with Crippen LogP contribution >= 0.6 is 0 Å². The normalized spacial score (nSPS) is 22.4. The second-order valence-electron chi connectivity index (χ2n) is 5.58. The van der Waals surface area contributed by atoms with Gasteiger partial charge in [0.05, 0.1) is 19.3 Å². The van der Waals surface area contributed by atoms with Gasteiger partial charge < -0.3 is 14.4 Å². The van der Waals surface area contributed by atoms with Crippen molar-refractivity contribution in [3.05, 3.63) is 0 Å². The summed E-state index contributed by atoms with van der Waals surface area (Å²) < 4.78 is 10.9. The molecule has 0 saturated carbocycles. The molecule has 16 heavy (non-hydrogen) atoms. The van der Waals surface area contributed by atoms with Gasteiger partial charge in [-0.2, -0.15) is 0 Å². The van der Waals surface area contributed by atoms with Gasteiger partial charge in [-0.15, -0.1) is 0 Å². The van der Waals surface area contributed by atoms with Crippen LogP contribution in [0.15, 0.2) is 0 Å². The highest BCUT2D eigenvalue weighted by Crippen LogP contribution is 2.16. The Balaban J connectivity index is 2.50. The van der Waals surface area contributed by atoms with Crippen LogP contribution in [0.1, 0.15) is 34.6 Å². The van der Waals surface area contributed by atoms with Crippen molar-refractivity contribution in [3.63, 3.8) is 0 Å². The number of hydrogen-bond donors (Lipinski definition) is 0. The quantitative estimate of drug-likeness (QED) is 0.692. The summed E-state index contributed by atoms with van der Waals surface area (Å²) in [4.78, 5) is 13.6. The average molecular weight is 229 g/mol. The number of hydrogen-bond acceptors (Lipinski definition) is 3. The minimum atomic E-state index is -0.428. The molecule has 1 aliphatic rings. The maximum Gasteiger partial charge on any atom is 0.410 e. The van der Waals surface area contributed by atoms with Gasteiger partial charge in [-0.3, -0.25) is 0 Å². The van der Waals surface area contributed by atoms with E-state index in [4.69, 9.17) is 9.47 Å². The minimum absolute atomic E-state index is 0.126. The molecule has 1 amide bonds. The molecule has 0 radical (unpaired) electrons. The van der Waals surface area contributed by atoms with Gasteiger partial charge in [-0.1, -0.05) is 13.8 Å². The molecule has 94 valence electrons. The molecule has 1 rings (SSSR count). The molecule has 4 nitrogen and oxygen atoms in total. The van der Waals surface area contributed by atoms with Crippen molar-refractivity contribution in [3.8, 4) is 0 Å². The lowest BCUT2D eigenvalue weighted by molar-refractivity contribution is -0.0578. The van der Waals surface area contributed by atoms with Crippen LogP contribution in [-0.4, -0.2) is 42.4 Å². The molecule has 0 aromatic carbocycles. The Morgan fingerprint density at radius 1 is 1.44 bits per heavy atom. The number of rotatable bonds is 1. The zero-order chi connectivity index (χ0) is 12.3. The van der Waals surface area contributed by atoms with Crippen LogP contribution in [-0.2, 0) is 9.47 Å². The highest BCUT2D eigenvalue weighted by molar-refractivity contribution is 5.68. The Hall–Kier alpha value is -0.770. The molecular formula is C12H23NO3. The van der Waals surface area contributed by atoms with Crippen molar-refractivity contribution in [1.29, 1.82) is 0 Å². The topological polar surface area (TPSA) is 38.8 Å². The highest BCUT2D eigenvalue weighted by Gasteiger charge is 2.29. The molecule has 1 aliphatic heterocycles. The SMILES string of the molecule is CC(C)[C@@H]1CN(C(=O)OC(C)(C)C)CCO1. The Morgan fingerprint density at radius 3 is 2.56 bits per heavy atom. The molecule has 4 heteroatoms. The van der Waals surface area contributed by atoms with Crippen LogP contribution in [0.4, 0.5) is 4.79 Å². The lowest BCUT2D eigenvalue weighted by atomic mass is 10.1. The van der Waals surface area contributed by atoms with E-state index in [1.54, 1.807) is 4.90 Å². The number of ether oxygens (including phenoxy) is 2. The average Bonchev–Trinajstić information content (AvgIpc) is 2.15. The number of carbonyl (C=O) groups is 1. The van der Waals surface area contributed by atoms with E-state index >= 15 is 0 Å². The molecule has 1 heterocycles. The summed E-state index contributed by atoms with van der Waals surface area (Å²) >= 11 is 0. The van der Waals surface area contributed by atoms with E-state index in [2.05, 4.69) is 13.8 Å². The van der Waals surface area contributed by atoms with E-state index in [-0.39, 0.29) is 12.2 Å². The zero-order valence-corrected chi connectivity index (χ0v) is 10.9. The van der Waals surface area contributed by atoms with Gasteiger partial charge in [0, 0.05) is 6.54 Å². The standard InChI is InChI=1S/C12H23NO3/c1-9(2)10-8-13(6-7-15-10)11(14)16-12(3,4)5/h9-10H,6-8H2,1-5H3/t10-/m0/s1. The van der Waals surface area contributed by atoms with Gasteiger partial charge in [0.15, 0.2) is 0 Å². The van der Waals surface area contributed by atoms with Crippen molar-refractivity contribution < 1.29 is 14.3 Å². The molecule has 0 unspecified atom stereocenters. The summed E-state index contributed by atoms with van der Waals surface area (Å²) in [6.45, 7) is 11.7. The van der Waals surface area contributed by atoms with Gasteiger partial charge in [0.2, 0.25) is 0 Å². The first-order valence-electron chi connectivity index (χ1n) is 5.89. The third-order valence-electron chi connectivity index (χ3n) is 2.49. The highest BCUT2D eigenvalue weighted by atomic mass is 16.6. The van der Waals surface area contributed by atoms with Crippen LogP contribution < -0.4 is 0 Å². The van der Waals surface area contributed by atoms with Gasteiger partial charge in [0.1, 0.15) is 5.60 Å². The third kappa shape index (κ3) is 4.00. The first-order valence-corrected chi connectivity index (χ1v) is 5.89. The van der Waals surface area contributed by atoms with Gasteiger partial charge in [0.25, 0.3) is 0 Å². The Labute approximate surface area is 97.9 Å². The van der Waals surface area contributed by atoms with Crippen molar-refractivity contribution in [1.82, 2.24) is 4.90 Å². The predicted octanol–water partition coefficient (Wildman–Crippen LogP) is 2.28. The van der Waals surface area contributed by atoms with Gasteiger partial charge in [-0.05, 0) is 26.7 Å². The minimum Gasteiger partial charge on any atom is -0.444 e. The summed E-state index contributed by atoms with van der Waals surface area (Å²) in [6, 6.07) is 0. The Bertz CT molecular complexity index is 245. The molecule has 1 atom stereocenters. The van der Waals surface area contributed by atoms with Crippen LogP contribution in [0.5, 0.6) is 0 Å². The Kier molecular flexibility index (Phi) is 4.19. The molecule has 0 aromatic heterocycles. The van der Waals surface area contributed by atoms with Crippen molar-refractivity contribution >= 4 is 6.09 Å². The van der Waals surface area contributed by atoms with Crippen LogP contribution in [0.3, 0.4) is 0 Å². The monoisotopic (exact) mass is 229 g/mol. The molecule has 0 spiro atoms. The molecule has 0 N–H and O–H groups in total. The fraction of sp³-hybridized carbons (Fsp3) is 0.917. The lowest BCUT2D eigenvalue weighted by Crippen LogP contribution is -2.48. The number of amides is 1. The fourth-order valence-corrected chi connectivity index (χ4v) is 1.57. The first kappa shape index (κ1) is 13.3. The number of carbonyl (C=O) groups excluding carboxylic acids is 1. The van der Waals surface area contributed by atoms with E-state index in [1.807, 2.05) is 20.8 Å². The lowest BCUT2D eigenvalue weighted by Gasteiger charge is -2.35. The second kappa shape index (κ2) is 5.04. The zero-order valence-electron chi connectivity index (χ0n) is 10.9. The summed E-state index contributed by atoms with van der Waals surface area (Å²) in [5.41, 5.74) is -0.428. The van der Waals surface area contributed by atoms with E-state index in [1.165, 1.54) is 0 Å².